The molecule has 1 aliphatic rings. The largest absolute Gasteiger partial charge is 0.375 e. The molecule has 1 aliphatic carbocycles. The maximum absolute atomic E-state index is 13.8. The van der Waals surface area contributed by atoms with E-state index in [1.807, 2.05) is 4.57 Å². The molecule has 20 heavy (non-hydrogen) atoms. The molecule has 0 unspecified atom stereocenters. The Morgan fingerprint density at radius 2 is 2.35 bits per heavy atom. The summed E-state index contributed by atoms with van der Waals surface area (Å²) in [4.78, 5) is 15.1. The van der Waals surface area contributed by atoms with Gasteiger partial charge in [-0.2, -0.15) is 8.78 Å². The first-order chi connectivity index (χ1) is 9.59. The summed E-state index contributed by atoms with van der Waals surface area (Å²) in [7, 11) is 0. The van der Waals surface area contributed by atoms with Crippen molar-refractivity contribution >= 4 is 17.2 Å². The molecule has 1 saturated carbocycles. The minimum Gasteiger partial charge on any atom is -0.343 e. The molecule has 1 amide bonds. The maximum atomic E-state index is 13.8. The predicted octanol–water partition coefficient (Wildman–Crippen LogP) is 1.48. The van der Waals surface area contributed by atoms with Crippen LogP contribution in [0.4, 0.5) is 8.78 Å². The first-order valence-electron chi connectivity index (χ1n) is 6.03. The lowest BCUT2D eigenvalue weighted by Crippen LogP contribution is -2.38. The summed E-state index contributed by atoms with van der Waals surface area (Å²) in [5, 5.41) is 10.7. The molecule has 0 radical (unpaired) electrons. The monoisotopic (exact) mass is 299 g/mol. The summed E-state index contributed by atoms with van der Waals surface area (Å²) in [6.07, 6.45) is 4.84. The van der Waals surface area contributed by atoms with Crippen LogP contribution in [0.15, 0.2) is 17.9 Å². The Hall–Kier alpha value is -1.90. The van der Waals surface area contributed by atoms with Gasteiger partial charge in [0.1, 0.15) is 6.33 Å². The van der Waals surface area contributed by atoms with Crippen LogP contribution < -0.4 is 5.32 Å². The zero-order valence-electron chi connectivity index (χ0n) is 10.3. The number of halogens is 2. The molecule has 9 heteroatoms. The van der Waals surface area contributed by atoms with Gasteiger partial charge in [-0.3, -0.25) is 4.79 Å². The molecular formula is C11H11F2N5OS. The van der Waals surface area contributed by atoms with Crippen molar-refractivity contribution in [1.82, 2.24) is 25.1 Å². The average Bonchev–Trinajstić information content (AvgIpc) is 2.96. The van der Waals surface area contributed by atoms with Crippen molar-refractivity contribution in [2.24, 2.45) is 0 Å². The van der Waals surface area contributed by atoms with E-state index >= 15 is 0 Å². The molecule has 0 spiro atoms. The van der Waals surface area contributed by atoms with Gasteiger partial charge in [0.15, 0.2) is 10.8 Å². The van der Waals surface area contributed by atoms with E-state index in [4.69, 9.17) is 0 Å². The second-order valence-corrected chi connectivity index (χ2v) is 5.37. The molecule has 0 aromatic carbocycles. The van der Waals surface area contributed by atoms with Crippen molar-refractivity contribution in [2.75, 3.05) is 0 Å². The third kappa shape index (κ3) is 2.40. The van der Waals surface area contributed by atoms with Crippen LogP contribution in [0.1, 0.15) is 29.7 Å². The second kappa shape index (κ2) is 4.89. The number of hydrogen-bond acceptors (Lipinski definition) is 5. The van der Waals surface area contributed by atoms with E-state index in [-0.39, 0.29) is 6.54 Å². The minimum absolute atomic E-state index is 0.0731. The highest BCUT2D eigenvalue weighted by molar-refractivity contribution is 7.09. The Morgan fingerprint density at radius 1 is 1.55 bits per heavy atom. The van der Waals surface area contributed by atoms with Crippen LogP contribution in [0, 0.1) is 0 Å². The van der Waals surface area contributed by atoms with Crippen molar-refractivity contribution in [3.05, 3.63) is 28.7 Å². The molecule has 2 aromatic heterocycles. The smallest absolute Gasteiger partial charge is 0.343 e. The molecule has 3 rings (SSSR count). The van der Waals surface area contributed by atoms with E-state index in [1.165, 1.54) is 11.6 Å². The number of rotatable bonds is 5. The zero-order valence-corrected chi connectivity index (χ0v) is 11.1. The van der Waals surface area contributed by atoms with Gasteiger partial charge in [0.05, 0.1) is 6.54 Å². The number of thiazole rings is 1. The van der Waals surface area contributed by atoms with Gasteiger partial charge in [0.25, 0.3) is 5.91 Å². The lowest BCUT2D eigenvalue weighted by Gasteiger charge is -2.13. The predicted molar refractivity (Wildman–Crippen MR) is 66.1 cm³/mol. The van der Waals surface area contributed by atoms with Crippen LogP contribution in [0.2, 0.25) is 0 Å². The fourth-order valence-corrected chi connectivity index (χ4v) is 2.41. The van der Waals surface area contributed by atoms with Gasteiger partial charge in [0.2, 0.25) is 0 Å². The molecule has 106 valence electrons. The van der Waals surface area contributed by atoms with E-state index in [9.17, 15) is 13.6 Å². The molecule has 0 aliphatic heterocycles. The van der Waals surface area contributed by atoms with Crippen LogP contribution in [-0.2, 0) is 17.3 Å². The maximum Gasteiger partial charge on any atom is 0.375 e. The number of alkyl halides is 2. The number of amides is 1. The Labute approximate surface area is 116 Å². The van der Waals surface area contributed by atoms with Gasteiger partial charge in [-0.25, -0.2) is 4.98 Å². The van der Waals surface area contributed by atoms with Crippen molar-refractivity contribution in [3.63, 3.8) is 0 Å². The van der Waals surface area contributed by atoms with E-state index in [1.54, 1.807) is 6.33 Å². The summed E-state index contributed by atoms with van der Waals surface area (Å²) < 4.78 is 29.4. The van der Waals surface area contributed by atoms with E-state index in [2.05, 4.69) is 20.5 Å². The van der Waals surface area contributed by atoms with E-state index in [0.29, 0.717) is 11.9 Å². The molecule has 2 heterocycles. The van der Waals surface area contributed by atoms with Crippen molar-refractivity contribution in [3.8, 4) is 0 Å². The lowest BCUT2D eigenvalue weighted by atomic mass is 10.3. The highest BCUT2D eigenvalue weighted by Crippen LogP contribution is 2.35. The summed E-state index contributed by atoms with van der Waals surface area (Å²) >= 11 is 0.744. The molecule has 0 atom stereocenters. The van der Waals surface area contributed by atoms with E-state index < -0.39 is 16.8 Å². The number of carbonyl (C=O) groups is 1. The molecular weight excluding hydrogens is 288 g/mol. The minimum atomic E-state index is -3.63. The SMILES string of the molecule is O=C(NCc1nncn1C1CC1)C(F)(F)c1nccs1. The Morgan fingerprint density at radius 3 is 3.00 bits per heavy atom. The Bertz CT molecular complexity index is 608. The number of nitrogens with zero attached hydrogens (tertiary/aromatic N) is 4. The molecule has 0 bridgehead atoms. The Balaban J connectivity index is 1.66. The van der Waals surface area contributed by atoms with Gasteiger partial charge < -0.3 is 9.88 Å². The Kier molecular flexibility index (Phi) is 3.20. The second-order valence-electron chi connectivity index (χ2n) is 4.48. The number of nitrogens with one attached hydrogen (secondary N) is 1. The fourth-order valence-electron chi connectivity index (χ4n) is 1.80. The average molecular weight is 299 g/mol. The van der Waals surface area contributed by atoms with Gasteiger partial charge in [-0.05, 0) is 12.8 Å². The van der Waals surface area contributed by atoms with Crippen molar-refractivity contribution < 1.29 is 13.6 Å². The van der Waals surface area contributed by atoms with Crippen LogP contribution >= 0.6 is 11.3 Å². The zero-order chi connectivity index (χ0) is 14.2. The van der Waals surface area contributed by atoms with Crippen LogP contribution in [0.3, 0.4) is 0 Å². The molecule has 1 fully saturated rings. The highest BCUT2D eigenvalue weighted by Gasteiger charge is 2.43. The number of hydrogen-bond donors (Lipinski definition) is 1. The number of carbonyl (C=O) groups excluding carboxylic acids is 1. The molecule has 2 aromatic rings. The normalized spacial score (nSPS) is 15.3. The summed E-state index contributed by atoms with van der Waals surface area (Å²) in [5.74, 6) is -4.52. The van der Waals surface area contributed by atoms with E-state index in [0.717, 1.165) is 24.2 Å². The van der Waals surface area contributed by atoms with Crippen molar-refractivity contribution in [2.45, 2.75) is 31.4 Å². The topological polar surface area (TPSA) is 72.7 Å². The first-order valence-corrected chi connectivity index (χ1v) is 6.91. The van der Waals surface area contributed by atoms with Crippen molar-refractivity contribution in [1.29, 1.82) is 0 Å². The first kappa shape index (κ1) is 13.1. The third-order valence-corrected chi connectivity index (χ3v) is 3.82. The van der Waals surface area contributed by atoms with Gasteiger partial charge in [-0.1, -0.05) is 0 Å². The quantitative estimate of drug-likeness (QED) is 0.907. The third-order valence-electron chi connectivity index (χ3n) is 2.98. The summed E-state index contributed by atoms with van der Waals surface area (Å²) in [6, 6.07) is 0.330. The van der Waals surface area contributed by atoms with Gasteiger partial charge in [-0.15, -0.1) is 21.5 Å². The van der Waals surface area contributed by atoms with Gasteiger partial charge >= 0.3 is 5.92 Å². The van der Waals surface area contributed by atoms with Crippen LogP contribution in [-0.4, -0.2) is 25.7 Å². The number of aromatic nitrogens is 4. The summed E-state index contributed by atoms with van der Waals surface area (Å²) in [6.45, 7) is -0.0731. The lowest BCUT2D eigenvalue weighted by molar-refractivity contribution is -0.147. The standard InChI is InChI=1S/C11H11F2N5OS/c12-11(13,10-14-3-4-20-10)9(19)15-5-8-17-16-6-18(8)7-1-2-7/h3-4,6-7H,1-2,5H2,(H,15,19). The molecule has 6 nitrogen and oxygen atoms in total. The fraction of sp³-hybridized carbons (Fsp3) is 0.455. The van der Waals surface area contributed by atoms with Crippen LogP contribution in [0.5, 0.6) is 0 Å². The summed E-state index contributed by atoms with van der Waals surface area (Å²) in [5.41, 5.74) is 0. The van der Waals surface area contributed by atoms with Crippen LogP contribution in [0.25, 0.3) is 0 Å². The molecule has 1 N–H and O–H groups in total. The molecule has 0 saturated heterocycles. The highest BCUT2D eigenvalue weighted by atomic mass is 32.1. The van der Waals surface area contributed by atoms with Gasteiger partial charge in [0, 0.05) is 17.6 Å².